The average molecular weight is 250 g/mol. The van der Waals surface area contributed by atoms with Gasteiger partial charge in [0.2, 0.25) is 5.95 Å². The normalized spacial score (nSPS) is 18.8. The zero-order valence-electron chi connectivity index (χ0n) is 9.15. The summed E-state index contributed by atoms with van der Waals surface area (Å²) in [6, 6.07) is 0.211. The molecule has 1 aliphatic carbocycles. The molecule has 0 bridgehead atoms. The molecule has 88 valence electrons. The molecule has 3 rings (SSSR count). The second kappa shape index (κ2) is 4.33. The van der Waals surface area contributed by atoms with E-state index in [1.54, 1.807) is 12.4 Å². The van der Waals surface area contributed by atoms with Gasteiger partial charge in [0.1, 0.15) is 0 Å². The highest BCUT2D eigenvalue weighted by molar-refractivity contribution is 6.30. The van der Waals surface area contributed by atoms with Crippen LogP contribution in [0.2, 0.25) is 5.02 Å². The standard InChI is InChI=1S/C11H12ClN5/c12-8-5-13-11(14-6-8)16-9-3-1-2-7-4-15-17-10(7)9/h4-6,9H,1-3H2,(H,15,17)(H,13,14,16)/t9-/m1/s1. The lowest BCUT2D eigenvalue weighted by Gasteiger charge is -2.22. The lowest BCUT2D eigenvalue weighted by molar-refractivity contribution is 0.584. The molecule has 6 heteroatoms. The van der Waals surface area contributed by atoms with Crippen LogP contribution >= 0.6 is 11.6 Å². The van der Waals surface area contributed by atoms with E-state index in [-0.39, 0.29) is 6.04 Å². The Morgan fingerprint density at radius 3 is 2.94 bits per heavy atom. The molecule has 0 aliphatic heterocycles. The third-order valence-corrected chi connectivity index (χ3v) is 3.16. The summed E-state index contributed by atoms with van der Waals surface area (Å²) >= 11 is 5.75. The van der Waals surface area contributed by atoms with Gasteiger partial charge in [0.05, 0.1) is 35.3 Å². The zero-order chi connectivity index (χ0) is 11.7. The maximum absolute atomic E-state index is 5.75. The summed E-state index contributed by atoms with van der Waals surface area (Å²) in [5.74, 6) is 0.599. The van der Waals surface area contributed by atoms with Crippen molar-refractivity contribution in [2.75, 3.05) is 5.32 Å². The number of fused-ring (bicyclic) bond motifs is 1. The highest BCUT2D eigenvalue weighted by Gasteiger charge is 2.22. The minimum atomic E-state index is 0.211. The Morgan fingerprint density at radius 1 is 1.29 bits per heavy atom. The fourth-order valence-electron chi connectivity index (χ4n) is 2.15. The molecule has 0 aromatic carbocycles. The van der Waals surface area contributed by atoms with Crippen molar-refractivity contribution in [2.24, 2.45) is 0 Å². The predicted molar refractivity (Wildman–Crippen MR) is 64.9 cm³/mol. The number of hydrogen-bond acceptors (Lipinski definition) is 4. The van der Waals surface area contributed by atoms with Crippen LogP contribution in [-0.4, -0.2) is 20.2 Å². The van der Waals surface area contributed by atoms with E-state index in [1.807, 2.05) is 6.20 Å². The summed E-state index contributed by atoms with van der Waals surface area (Å²) in [6.07, 6.45) is 8.37. The van der Waals surface area contributed by atoms with Gasteiger partial charge in [-0.05, 0) is 24.8 Å². The Labute approximate surface area is 104 Å². The van der Waals surface area contributed by atoms with Crippen LogP contribution in [0.1, 0.15) is 30.1 Å². The van der Waals surface area contributed by atoms with Crippen molar-refractivity contribution in [3.63, 3.8) is 0 Å². The van der Waals surface area contributed by atoms with Crippen LogP contribution in [0.5, 0.6) is 0 Å². The van der Waals surface area contributed by atoms with Gasteiger partial charge in [-0.15, -0.1) is 0 Å². The van der Waals surface area contributed by atoms with Crippen LogP contribution in [0.25, 0.3) is 0 Å². The van der Waals surface area contributed by atoms with E-state index in [0.29, 0.717) is 11.0 Å². The molecular weight excluding hydrogens is 238 g/mol. The summed E-state index contributed by atoms with van der Waals surface area (Å²) in [6.45, 7) is 0. The van der Waals surface area contributed by atoms with Gasteiger partial charge in [-0.2, -0.15) is 5.10 Å². The number of rotatable bonds is 2. The second-order valence-corrected chi connectivity index (χ2v) is 4.56. The van der Waals surface area contributed by atoms with Crippen molar-refractivity contribution in [2.45, 2.75) is 25.3 Å². The molecule has 0 radical (unpaired) electrons. The minimum Gasteiger partial charge on any atom is -0.346 e. The zero-order valence-corrected chi connectivity index (χ0v) is 9.91. The number of aromatic amines is 1. The first-order valence-corrected chi connectivity index (χ1v) is 5.97. The third-order valence-electron chi connectivity index (χ3n) is 2.96. The third kappa shape index (κ3) is 2.10. The first-order valence-electron chi connectivity index (χ1n) is 5.59. The van der Waals surface area contributed by atoms with Gasteiger partial charge in [0.15, 0.2) is 0 Å². The Balaban J connectivity index is 1.81. The van der Waals surface area contributed by atoms with E-state index in [2.05, 4.69) is 25.5 Å². The average Bonchev–Trinajstić information content (AvgIpc) is 2.81. The highest BCUT2D eigenvalue weighted by Crippen LogP contribution is 2.29. The van der Waals surface area contributed by atoms with Crippen LogP contribution in [-0.2, 0) is 6.42 Å². The molecule has 17 heavy (non-hydrogen) atoms. The van der Waals surface area contributed by atoms with Gasteiger partial charge in [-0.3, -0.25) is 5.10 Å². The number of nitrogens with one attached hydrogen (secondary N) is 2. The van der Waals surface area contributed by atoms with E-state index >= 15 is 0 Å². The van der Waals surface area contributed by atoms with Crippen LogP contribution in [0.4, 0.5) is 5.95 Å². The number of anilines is 1. The van der Waals surface area contributed by atoms with E-state index in [9.17, 15) is 0 Å². The van der Waals surface area contributed by atoms with Gasteiger partial charge < -0.3 is 5.32 Å². The molecule has 0 saturated heterocycles. The van der Waals surface area contributed by atoms with Crippen molar-refractivity contribution >= 4 is 17.5 Å². The fraction of sp³-hybridized carbons (Fsp3) is 0.364. The van der Waals surface area contributed by atoms with Crippen molar-refractivity contribution in [3.8, 4) is 0 Å². The van der Waals surface area contributed by atoms with Gasteiger partial charge in [0, 0.05) is 0 Å². The maximum atomic E-state index is 5.75. The minimum absolute atomic E-state index is 0.211. The molecule has 5 nitrogen and oxygen atoms in total. The molecule has 2 heterocycles. The van der Waals surface area contributed by atoms with E-state index in [0.717, 1.165) is 25.0 Å². The summed E-state index contributed by atoms with van der Waals surface area (Å²) in [4.78, 5) is 8.28. The topological polar surface area (TPSA) is 66.5 Å². The number of nitrogens with zero attached hydrogens (tertiary/aromatic N) is 3. The summed E-state index contributed by atoms with van der Waals surface area (Å²) in [5.41, 5.74) is 2.43. The predicted octanol–water partition coefficient (Wildman–Crippen LogP) is 2.34. The molecule has 0 unspecified atom stereocenters. The lowest BCUT2D eigenvalue weighted by Crippen LogP contribution is -2.18. The van der Waals surface area contributed by atoms with Crippen molar-refractivity contribution in [1.82, 2.24) is 20.2 Å². The van der Waals surface area contributed by atoms with Gasteiger partial charge >= 0.3 is 0 Å². The van der Waals surface area contributed by atoms with Crippen molar-refractivity contribution < 1.29 is 0 Å². The van der Waals surface area contributed by atoms with Gasteiger partial charge in [0.25, 0.3) is 0 Å². The Bertz CT molecular complexity index is 507. The SMILES string of the molecule is Clc1cnc(N[C@@H]2CCCc3cn[nH]c32)nc1. The van der Waals surface area contributed by atoms with Crippen LogP contribution in [0.3, 0.4) is 0 Å². The summed E-state index contributed by atoms with van der Waals surface area (Å²) < 4.78 is 0. The molecular formula is C11H12ClN5. The van der Waals surface area contributed by atoms with E-state index in [1.165, 1.54) is 5.56 Å². The van der Waals surface area contributed by atoms with E-state index < -0.39 is 0 Å². The second-order valence-electron chi connectivity index (χ2n) is 4.12. The molecule has 0 spiro atoms. The van der Waals surface area contributed by atoms with Gasteiger partial charge in [-0.1, -0.05) is 11.6 Å². The van der Waals surface area contributed by atoms with Crippen molar-refractivity contribution in [1.29, 1.82) is 0 Å². The first-order chi connectivity index (χ1) is 8.33. The smallest absolute Gasteiger partial charge is 0.223 e. The monoisotopic (exact) mass is 249 g/mol. The Morgan fingerprint density at radius 2 is 2.12 bits per heavy atom. The summed E-state index contributed by atoms with van der Waals surface area (Å²) in [5, 5.41) is 11.0. The highest BCUT2D eigenvalue weighted by atomic mass is 35.5. The van der Waals surface area contributed by atoms with Crippen molar-refractivity contribution in [3.05, 3.63) is 34.9 Å². The fourth-order valence-corrected chi connectivity index (χ4v) is 2.25. The molecule has 2 aromatic rings. The number of aromatic nitrogens is 4. The van der Waals surface area contributed by atoms with Gasteiger partial charge in [-0.25, -0.2) is 9.97 Å². The molecule has 1 atom stereocenters. The molecule has 1 aliphatic rings. The first kappa shape index (κ1) is 10.5. The number of aryl methyl sites for hydroxylation is 1. The Kier molecular flexibility index (Phi) is 2.68. The van der Waals surface area contributed by atoms with Crippen LogP contribution < -0.4 is 5.32 Å². The maximum Gasteiger partial charge on any atom is 0.223 e. The number of hydrogen-bond donors (Lipinski definition) is 2. The van der Waals surface area contributed by atoms with E-state index in [4.69, 9.17) is 11.6 Å². The molecule has 0 amide bonds. The Hall–Kier alpha value is -1.62. The van der Waals surface area contributed by atoms with Crippen LogP contribution in [0, 0.1) is 0 Å². The molecule has 0 saturated carbocycles. The number of halogens is 1. The quantitative estimate of drug-likeness (QED) is 0.857. The molecule has 0 fully saturated rings. The molecule has 2 aromatic heterocycles. The lowest BCUT2D eigenvalue weighted by atomic mass is 9.94. The summed E-state index contributed by atoms with van der Waals surface area (Å²) in [7, 11) is 0. The molecule has 2 N–H and O–H groups in total. The number of H-pyrrole nitrogens is 1. The van der Waals surface area contributed by atoms with Crippen LogP contribution in [0.15, 0.2) is 18.6 Å². The largest absolute Gasteiger partial charge is 0.346 e.